The van der Waals surface area contributed by atoms with Gasteiger partial charge in [0.2, 0.25) is 5.95 Å². The minimum atomic E-state index is -0.386. The number of nitrogens with two attached hydrogens (primary N) is 2. The number of anilines is 1. The maximum atomic E-state index is 13.5. The Morgan fingerprint density at radius 1 is 0.935 bits per heavy atom. The molecule has 4 aromatic rings. The van der Waals surface area contributed by atoms with Crippen molar-refractivity contribution in [3.05, 3.63) is 101 Å². The van der Waals surface area contributed by atoms with E-state index >= 15 is 0 Å². The van der Waals surface area contributed by atoms with Gasteiger partial charge in [0.25, 0.3) is 5.56 Å². The lowest BCUT2D eigenvalue weighted by Crippen LogP contribution is -2.36. The topological polar surface area (TPSA) is 99.8 Å². The molecule has 0 aliphatic rings. The molecule has 0 radical (unpaired) electrons. The Morgan fingerprint density at radius 3 is 2.29 bits per heavy atom. The van der Waals surface area contributed by atoms with E-state index in [1.54, 1.807) is 36.7 Å². The molecule has 0 saturated carbocycles. The van der Waals surface area contributed by atoms with Crippen molar-refractivity contribution in [1.29, 1.82) is 0 Å². The summed E-state index contributed by atoms with van der Waals surface area (Å²) in [4.78, 5) is 22.1. The zero-order valence-corrected chi connectivity index (χ0v) is 16.8. The van der Waals surface area contributed by atoms with Crippen LogP contribution in [-0.4, -0.2) is 20.6 Å². The van der Waals surface area contributed by atoms with Gasteiger partial charge in [0.15, 0.2) is 0 Å². The lowest BCUT2D eigenvalue weighted by Gasteiger charge is -2.18. The molecule has 6 nitrogen and oxygen atoms in total. The summed E-state index contributed by atoms with van der Waals surface area (Å²) in [5, 5.41) is 0. The highest BCUT2D eigenvalue weighted by Gasteiger charge is 2.20. The first kappa shape index (κ1) is 20.4. The van der Waals surface area contributed by atoms with E-state index in [2.05, 4.69) is 9.97 Å². The van der Waals surface area contributed by atoms with E-state index in [-0.39, 0.29) is 29.9 Å². The van der Waals surface area contributed by atoms with Crippen LogP contribution in [0.5, 0.6) is 0 Å². The monoisotopic (exact) mass is 415 g/mol. The van der Waals surface area contributed by atoms with Crippen molar-refractivity contribution in [1.82, 2.24) is 14.5 Å². The molecule has 2 aromatic heterocycles. The standard InChI is InChI=1S/C24H22FN5O/c25-19-8-6-17(7-9-19)21-22(18-10-12-28-13-11-18)29-24(27)30(23(21)31)15-20(26)14-16-4-2-1-3-5-16/h1-13,20H,14-15,26H2,(H2,27,29)/t20-/m0/s1. The number of halogens is 1. The lowest BCUT2D eigenvalue weighted by molar-refractivity contribution is 0.539. The minimum absolute atomic E-state index is 0.0752. The van der Waals surface area contributed by atoms with E-state index in [4.69, 9.17) is 11.5 Å². The zero-order chi connectivity index (χ0) is 21.8. The molecule has 0 aliphatic carbocycles. The smallest absolute Gasteiger partial charge is 0.263 e. The average Bonchev–Trinajstić information content (AvgIpc) is 2.78. The SMILES string of the molecule is Nc1nc(-c2ccncc2)c(-c2ccc(F)cc2)c(=O)n1C[C@@H](N)Cc1ccccc1. The number of hydrogen-bond acceptors (Lipinski definition) is 5. The second kappa shape index (κ2) is 8.89. The van der Waals surface area contributed by atoms with Crippen LogP contribution in [0.25, 0.3) is 22.4 Å². The van der Waals surface area contributed by atoms with Crippen molar-refractivity contribution < 1.29 is 4.39 Å². The van der Waals surface area contributed by atoms with Crippen molar-refractivity contribution >= 4 is 5.95 Å². The summed E-state index contributed by atoms with van der Waals surface area (Å²) < 4.78 is 14.9. The van der Waals surface area contributed by atoms with Crippen molar-refractivity contribution in [2.75, 3.05) is 5.73 Å². The van der Waals surface area contributed by atoms with Crippen molar-refractivity contribution in [2.45, 2.75) is 19.0 Å². The van der Waals surface area contributed by atoms with Gasteiger partial charge in [0, 0.05) is 30.5 Å². The second-order valence-electron chi connectivity index (χ2n) is 7.30. The van der Waals surface area contributed by atoms with Gasteiger partial charge in [-0.15, -0.1) is 0 Å². The highest BCUT2D eigenvalue weighted by molar-refractivity contribution is 5.80. The van der Waals surface area contributed by atoms with E-state index in [1.807, 2.05) is 30.3 Å². The third-order valence-electron chi connectivity index (χ3n) is 5.04. The summed E-state index contributed by atoms with van der Waals surface area (Å²) in [6, 6.07) is 18.7. The van der Waals surface area contributed by atoms with Crippen LogP contribution in [0.1, 0.15) is 5.56 Å². The van der Waals surface area contributed by atoms with E-state index in [0.29, 0.717) is 28.8 Å². The molecule has 0 unspecified atom stereocenters. The van der Waals surface area contributed by atoms with Gasteiger partial charge in [-0.2, -0.15) is 0 Å². The van der Waals surface area contributed by atoms with Gasteiger partial charge in [-0.1, -0.05) is 42.5 Å². The van der Waals surface area contributed by atoms with Gasteiger partial charge in [0.05, 0.1) is 11.3 Å². The van der Waals surface area contributed by atoms with Gasteiger partial charge in [-0.05, 0) is 41.8 Å². The predicted molar refractivity (Wildman–Crippen MR) is 120 cm³/mol. The first-order chi connectivity index (χ1) is 15.0. The quantitative estimate of drug-likeness (QED) is 0.504. The number of pyridine rings is 1. The Bertz CT molecular complexity index is 1220. The van der Waals surface area contributed by atoms with Crippen LogP contribution in [-0.2, 0) is 13.0 Å². The summed E-state index contributed by atoms with van der Waals surface area (Å²) in [7, 11) is 0. The molecule has 2 aromatic carbocycles. The van der Waals surface area contributed by atoms with E-state index in [0.717, 1.165) is 5.56 Å². The number of benzene rings is 2. The highest BCUT2D eigenvalue weighted by atomic mass is 19.1. The second-order valence-corrected chi connectivity index (χ2v) is 7.30. The Labute approximate surface area is 179 Å². The molecule has 156 valence electrons. The Balaban J connectivity index is 1.79. The maximum Gasteiger partial charge on any atom is 0.263 e. The van der Waals surface area contributed by atoms with Crippen LogP contribution in [0.2, 0.25) is 0 Å². The molecule has 1 atom stereocenters. The van der Waals surface area contributed by atoms with Crippen LogP contribution in [0.3, 0.4) is 0 Å². The predicted octanol–water partition coefficient (Wildman–Crippen LogP) is 3.26. The van der Waals surface area contributed by atoms with Crippen LogP contribution >= 0.6 is 0 Å². The molecule has 31 heavy (non-hydrogen) atoms. The summed E-state index contributed by atoms with van der Waals surface area (Å²) in [5.74, 6) is -0.311. The maximum absolute atomic E-state index is 13.5. The van der Waals surface area contributed by atoms with Crippen molar-refractivity contribution in [3.63, 3.8) is 0 Å². The Kier molecular flexibility index (Phi) is 5.86. The summed E-state index contributed by atoms with van der Waals surface area (Å²) in [5.41, 5.74) is 15.3. The molecule has 4 N–H and O–H groups in total. The molecule has 0 fully saturated rings. The van der Waals surface area contributed by atoms with Crippen LogP contribution in [0.15, 0.2) is 83.9 Å². The largest absolute Gasteiger partial charge is 0.369 e. The lowest BCUT2D eigenvalue weighted by atomic mass is 10.0. The average molecular weight is 415 g/mol. The fourth-order valence-corrected chi connectivity index (χ4v) is 3.56. The minimum Gasteiger partial charge on any atom is -0.369 e. The summed E-state index contributed by atoms with van der Waals surface area (Å²) in [6.45, 7) is 0.206. The number of aromatic nitrogens is 3. The van der Waals surface area contributed by atoms with Crippen molar-refractivity contribution in [2.24, 2.45) is 5.73 Å². The first-order valence-electron chi connectivity index (χ1n) is 9.89. The Morgan fingerprint density at radius 2 is 1.61 bits per heavy atom. The van der Waals surface area contributed by atoms with Gasteiger partial charge < -0.3 is 11.5 Å². The molecular weight excluding hydrogens is 393 g/mol. The summed E-state index contributed by atoms with van der Waals surface area (Å²) in [6.07, 6.45) is 3.82. The molecule has 2 heterocycles. The number of nitrogen functional groups attached to an aromatic ring is 1. The summed E-state index contributed by atoms with van der Waals surface area (Å²) >= 11 is 0. The van der Waals surface area contributed by atoms with E-state index in [9.17, 15) is 9.18 Å². The van der Waals surface area contributed by atoms with E-state index < -0.39 is 0 Å². The molecule has 4 rings (SSSR count). The Hall–Kier alpha value is -3.84. The number of rotatable bonds is 6. The highest BCUT2D eigenvalue weighted by Crippen LogP contribution is 2.28. The fourth-order valence-electron chi connectivity index (χ4n) is 3.56. The number of hydrogen-bond donors (Lipinski definition) is 2. The zero-order valence-electron chi connectivity index (χ0n) is 16.8. The van der Waals surface area contributed by atoms with Gasteiger partial charge in [-0.25, -0.2) is 9.37 Å². The molecule has 0 spiro atoms. The van der Waals surface area contributed by atoms with E-state index in [1.165, 1.54) is 16.7 Å². The third-order valence-corrected chi connectivity index (χ3v) is 5.04. The van der Waals surface area contributed by atoms with Gasteiger partial charge in [0.1, 0.15) is 5.82 Å². The van der Waals surface area contributed by atoms with Crippen LogP contribution in [0.4, 0.5) is 10.3 Å². The molecular formula is C24H22FN5O. The van der Waals surface area contributed by atoms with Crippen molar-refractivity contribution in [3.8, 4) is 22.4 Å². The molecule has 0 amide bonds. The van der Waals surface area contributed by atoms with Gasteiger partial charge >= 0.3 is 0 Å². The molecule has 7 heteroatoms. The van der Waals surface area contributed by atoms with Gasteiger partial charge in [-0.3, -0.25) is 14.3 Å². The third kappa shape index (κ3) is 4.51. The van der Waals surface area contributed by atoms with Crippen LogP contribution in [0, 0.1) is 5.82 Å². The fraction of sp³-hybridized carbons (Fsp3) is 0.125. The molecule has 0 bridgehead atoms. The van der Waals surface area contributed by atoms with Crippen LogP contribution < -0.4 is 17.0 Å². The normalized spacial score (nSPS) is 11.9. The first-order valence-corrected chi connectivity index (χ1v) is 9.89. The number of nitrogens with zero attached hydrogens (tertiary/aromatic N) is 3. The molecule has 0 saturated heterocycles. The molecule has 0 aliphatic heterocycles.